The molecule has 160 valence electrons. The topological polar surface area (TPSA) is 68.8 Å². The number of urea groups is 1. The quantitative estimate of drug-likeness (QED) is 0.745. The Bertz CT molecular complexity index is 1120. The number of nitrogens with one attached hydrogen (secondary N) is 1. The molecular formula is C25H28N4O2. The maximum atomic E-state index is 13.3. The Hall–Kier alpha value is -2.99. The van der Waals surface area contributed by atoms with E-state index in [2.05, 4.69) is 27.9 Å². The number of amides is 2. The van der Waals surface area contributed by atoms with Crippen LogP contribution in [-0.4, -0.2) is 63.5 Å². The van der Waals surface area contributed by atoms with Crippen LogP contribution in [0.4, 0.5) is 4.79 Å². The summed E-state index contributed by atoms with van der Waals surface area (Å²) >= 11 is 0. The highest BCUT2D eigenvalue weighted by Crippen LogP contribution is 2.29. The van der Waals surface area contributed by atoms with Crippen molar-refractivity contribution in [3.8, 4) is 0 Å². The molecule has 2 amide bonds. The zero-order valence-electron chi connectivity index (χ0n) is 18.0. The number of carbonyl (C=O) groups is 2. The smallest absolute Gasteiger partial charge is 0.344 e. The first-order chi connectivity index (χ1) is 15.1. The number of rotatable bonds is 5. The number of aliphatic imine (C=N–C) groups is 1. The van der Waals surface area contributed by atoms with Crippen LogP contribution in [0, 0.1) is 0 Å². The molecule has 1 aromatic carbocycles. The highest BCUT2D eigenvalue weighted by Gasteiger charge is 2.39. The highest BCUT2D eigenvalue weighted by molar-refractivity contribution is 6.13. The number of benzene rings is 1. The van der Waals surface area contributed by atoms with E-state index in [1.165, 1.54) is 5.56 Å². The van der Waals surface area contributed by atoms with E-state index < -0.39 is 0 Å². The van der Waals surface area contributed by atoms with Crippen LogP contribution in [-0.2, 0) is 6.42 Å². The Kier molecular flexibility index (Phi) is 5.10. The lowest BCUT2D eigenvalue weighted by Gasteiger charge is -2.40. The molecule has 0 spiro atoms. The predicted molar refractivity (Wildman–Crippen MR) is 123 cm³/mol. The molecule has 2 unspecified atom stereocenters. The van der Waals surface area contributed by atoms with Crippen molar-refractivity contribution in [3.05, 3.63) is 59.8 Å². The molecule has 3 aliphatic rings. The second kappa shape index (κ2) is 7.93. The molecule has 1 aromatic heterocycles. The molecule has 2 aliphatic heterocycles. The number of likely N-dealkylation sites (tertiary alicyclic amines) is 1. The van der Waals surface area contributed by atoms with Gasteiger partial charge in [-0.05, 0) is 37.8 Å². The fourth-order valence-corrected chi connectivity index (χ4v) is 5.19. The fourth-order valence-electron chi connectivity index (χ4n) is 5.19. The first-order valence-corrected chi connectivity index (χ1v) is 11.2. The third-order valence-corrected chi connectivity index (χ3v) is 6.99. The van der Waals surface area contributed by atoms with E-state index in [1.807, 2.05) is 54.5 Å². The van der Waals surface area contributed by atoms with Crippen LogP contribution in [0.15, 0.2) is 53.7 Å². The summed E-state index contributed by atoms with van der Waals surface area (Å²) in [6.45, 7) is 5.72. The number of hydrogen-bond donors (Lipinski definition) is 1. The van der Waals surface area contributed by atoms with Crippen molar-refractivity contribution in [3.63, 3.8) is 0 Å². The number of nitrogens with zero attached hydrogens (tertiary/aromatic N) is 3. The molecule has 1 aliphatic carbocycles. The number of ketones is 1. The zero-order chi connectivity index (χ0) is 21.5. The number of hydrogen-bond acceptors (Lipinski definition) is 3. The minimum Gasteiger partial charge on any atom is -0.360 e. The van der Waals surface area contributed by atoms with Gasteiger partial charge in [0.1, 0.15) is 0 Å². The minimum absolute atomic E-state index is 0.0351. The fraction of sp³-hybridized carbons (Fsp3) is 0.400. The molecule has 1 N–H and O–H groups in total. The van der Waals surface area contributed by atoms with Crippen LogP contribution in [0.2, 0.25) is 0 Å². The number of aryl methyl sites for hydroxylation is 1. The van der Waals surface area contributed by atoms with E-state index in [9.17, 15) is 9.59 Å². The Labute approximate surface area is 182 Å². The van der Waals surface area contributed by atoms with Gasteiger partial charge in [0.2, 0.25) is 0 Å². The molecule has 3 heterocycles. The van der Waals surface area contributed by atoms with Gasteiger partial charge in [-0.15, -0.1) is 0 Å². The molecule has 6 nitrogen and oxygen atoms in total. The van der Waals surface area contributed by atoms with Gasteiger partial charge < -0.3 is 9.88 Å². The monoisotopic (exact) mass is 416 g/mol. The van der Waals surface area contributed by atoms with Crippen molar-refractivity contribution in [2.75, 3.05) is 13.1 Å². The maximum absolute atomic E-state index is 13.3. The number of aromatic nitrogens is 1. The highest BCUT2D eigenvalue weighted by atomic mass is 16.2. The number of Topliss-reactive ketones (excluding diaryl/α,β-unsaturated/α-hetero) is 1. The van der Waals surface area contributed by atoms with E-state index in [1.54, 1.807) is 0 Å². The van der Waals surface area contributed by atoms with E-state index in [0.29, 0.717) is 0 Å². The largest absolute Gasteiger partial charge is 0.360 e. The summed E-state index contributed by atoms with van der Waals surface area (Å²) < 4.78 is 0. The molecular weight excluding hydrogens is 388 g/mol. The third kappa shape index (κ3) is 3.35. The molecule has 2 aromatic rings. The average molecular weight is 417 g/mol. The number of aromatic amines is 1. The Morgan fingerprint density at radius 1 is 1.26 bits per heavy atom. The van der Waals surface area contributed by atoms with Crippen molar-refractivity contribution in [1.29, 1.82) is 0 Å². The van der Waals surface area contributed by atoms with Crippen LogP contribution in [0.5, 0.6) is 0 Å². The normalized spacial score (nSPS) is 22.8. The average Bonchev–Trinajstić information content (AvgIpc) is 3.38. The van der Waals surface area contributed by atoms with Gasteiger partial charge in [0.25, 0.3) is 0 Å². The number of fused-ring (bicyclic) bond motifs is 2. The van der Waals surface area contributed by atoms with Gasteiger partial charge in [-0.25, -0.2) is 4.79 Å². The summed E-state index contributed by atoms with van der Waals surface area (Å²) in [4.78, 5) is 37.5. The second-order valence-corrected chi connectivity index (χ2v) is 8.62. The Morgan fingerprint density at radius 2 is 2.06 bits per heavy atom. The lowest BCUT2D eigenvalue weighted by atomic mass is 9.96. The molecule has 5 rings (SSSR count). The van der Waals surface area contributed by atoms with Crippen LogP contribution < -0.4 is 0 Å². The molecule has 31 heavy (non-hydrogen) atoms. The van der Waals surface area contributed by atoms with Crippen LogP contribution >= 0.6 is 0 Å². The van der Waals surface area contributed by atoms with Gasteiger partial charge in [0, 0.05) is 41.8 Å². The van der Waals surface area contributed by atoms with Gasteiger partial charge >= 0.3 is 6.03 Å². The van der Waals surface area contributed by atoms with Crippen LogP contribution in [0.3, 0.4) is 0 Å². The molecule has 0 radical (unpaired) electrons. The third-order valence-electron chi connectivity index (χ3n) is 6.99. The van der Waals surface area contributed by atoms with Crippen molar-refractivity contribution in [2.45, 2.75) is 51.2 Å². The zero-order valence-corrected chi connectivity index (χ0v) is 18.0. The van der Waals surface area contributed by atoms with Crippen molar-refractivity contribution < 1.29 is 9.59 Å². The van der Waals surface area contributed by atoms with E-state index in [4.69, 9.17) is 0 Å². The number of piperidine rings is 1. The van der Waals surface area contributed by atoms with E-state index in [-0.39, 0.29) is 29.9 Å². The molecule has 1 saturated heterocycles. The summed E-state index contributed by atoms with van der Waals surface area (Å²) in [5, 5.41) is 1.01. The van der Waals surface area contributed by atoms with Gasteiger partial charge in [0.05, 0.1) is 17.8 Å². The lowest BCUT2D eigenvalue weighted by Crippen LogP contribution is -2.52. The molecule has 6 heteroatoms. The predicted octanol–water partition coefficient (Wildman–Crippen LogP) is 4.14. The maximum Gasteiger partial charge on any atom is 0.344 e. The van der Waals surface area contributed by atoms with Crippen molar-refractivity contribution in [1.82, 2.24) is 14.8 Å². The SMILES string of the molecule is CCc1cccc2c(C(=O)C(C)N3CCC(N4C(=O)N=C5C=CC=CC54)CC3)c[nH]c12. The first kappa shape index (κ1) is 19.9. The van der Waals surface area contributed by atoms with Crippen LogP contribution in [0.25, 0.3) is 10.9 Å². The number of para-hydroxylation sites is 1. The Morgan fingerprint density at radius 3 is 2.84 bits per heavy atom. The number of H-pyrrole nitrogens is 1. The summed E-state index contributed by atoms with van der Waals surface area (Å²) in [5.41, 5.74) is 3.90. The lowest BCUT2D eigenvalue weighted by molar-refractivity contribution is 0.0723. The van der Waals surface area contributed by atoms with Gasteiger partial charge in [-0.2, -0.15) is 4.99 Å². The van der Waals surface area contributed by atoms with E-state index >= 15 is 0 Å². The van der Waals surface area contributed by atoms with Crippen LogP contribution in [0.1, 0.15) is 42.6 Å². The summed E-state index contributed by atoms with van der Waals surface area (Å²) in [7, 11) is 0. The summed E-state index contributed by atoms with van der Waals surface area (Å²) in [6.07, 6.45) is 12.4. The van der Waals surface area contributed by atoms with Crippen molar-refractivity contribution >= 4 is 28.4 Å². The van der Waals surface area contributed by atoms with Gasteiger partial charge in [0.15, 0.2) is 5.78 Å². The molecule has 0 saturated carbocycles. The second-order valence-electron chi connectivity index (χ2n) is 8.62. The number of carbonyl (C=O) groups excluding carboxylic acids is 2. The van der Waals surface area contributed by atoms with E-state index in [0.717, 1.165) is 54.5 Å². The summed E-state index contributed by atoms with van der Waals surface area (Å²) in [6, 6.07) is 5.96. The molecule has 2 atom stereocenters. The minimum atomic E-state index is -0.191. The number of allylic oxidation sites excluding steroid dienone is 2. The Balaban J connectivity index is 1.27. The molecule has 1 fully saturated rings. The standard InChI is InChI=1S/C25H28N4O2/c1-3-17-7-6-8-19-20(15-26-23(17)19)24(30)16(2)28-13-11-18(12-14-28)29-22-10-5-4-9-21(22)27-25(29)31/h4-10,15-16,18,22,26H,3,11-14H2,1-2H3. The van der Waals surface area contributed by atoms with Gasteiger partial charge in [-0.1, -0.05) is 43.4 Å². The van der Waals surface area contributed by atoms with Crippen molar-refractivity contribution in [2.24, 2.45) is 4.99 Å². The molecule has 0 bridgehead atoms. The van der Waals surface area contributed by atoms with Gasteiger partial charge in [-0.3, -0.25) is 9.69 Å². The first-order valence-electron chi connectivity index (χ1n) is 11.2. The summed E-state index contributed by atoms with van der Waals surface area (Å²) in [5.74, 6) is 0.154.